The van der Waals surface area contributed by atoms with E-state index in [1.54, 1.807) is 0 Å². The summed E-state index contributed by atoms with van der Waals surface area (Å²) in [4.78, 5) is 4.13. The highest BCUT2D eigenvalue weighted by Gasteiger charge is 2.44. The quantitative estimate of drug-likeness (QED) is 0.499. The Bertz CT molecular complexity index is 179. The second-order valence-electron chi connectivity index (χ2n) is 3.62. The van der Waals surface area contributed by atoms with Crippen molar-refractivity contribution in [3.63, 3.8) is 0 Å². The van der Waals surface area contributed by atoms with Crippen LogP contribution in [0, 0.1) is 5.92 Å². The first-order valence-corrected chi connectivity index (χ1v) is 3.78. The number of rotatable bonds is 0. The molecule has 0 amide bonds. The molecule has 0 bridgehead atoms. The molecule has 10 heavy (non-hydrogen) atoms. The fourth-order valence-electron chi connectivity index (χ4n) is 2.09. The Morgan fingerprint density at radius 3 is 2.80 bits per heavy atom. The fraction of sp³-hybridized carbons (Fsp3) is 0.857. The minimum absolute atomic E-state index is 0.281. The summed E-state index contributed by atoms with van der Waals surface area (Å²) in [6.45, 7) is 3.16. The highest BCUT2D eigenvalue weighted by Crippen LogP contribution is 2.38. The molecule has 0 radical (unpaired) electrons. The Labute approximate surface area is 60.7 Å². The van der Waals surface area contributed by atoms with Gasteiger partial charge in [-0.2, -0.15) is 0 Å². The lowest BCUT2D eigenvalue weighted by atomic mass is 9.70. The van der Waals surface area contributed by atoms with Crippen LogP contribution in [-0.2, 0) is 0 Å². The van der Waals surface area contributed by atoms with Gasteiger partial charge in [-0.15, -0.1) is 0 Å². The molecule has 3 heteroatoms. The molecule has 0 aromatic heterocycles. The van der Waals surface area contributed by atoms with Crippen LogP contribution in [0.25, 0.3) is 0 Å². The van der Waals surface area contributed by atoms with Crippen molar-refractivity contribution in [2.45, 2.75) is 25.3 Å². The van der Waals surface area contributed by atoms with Crippen molar-refractivity contribution >= 4 is 5.96 Å². The summed E-state index contributed by atoms with van der Waals surface area (Å²) >= 11 is 0. The van der Waals surface area contributed by atoms with Gasteiger partial charge in [0.1, 0.15) is 0 Å². The lowest BCUT2D eigenvalue weighted by Gasteiger charge is -2.43. The van der Waals surface area contributed by atoms with E-state index in [-0.39, 0.29) is 5.54 Å². The van der Waals surface area contributed by atoms with Crippen LogP contribution in [0.1, 0.15) is 19.8 Å². The molecule has 1 spiro atoms. The van der Waals surface area contributed by atoms with E-state index >= 15 is 0 Å². The molecular weight excluding hydrogens is 126 g/mol. The molecule has 1 heterocycles. The maximum absolute atomic E-state index is 5.50. The van der Waals surface area contributed by atoms with Gasteiger partial charge in [0, 0.05) is 0 Å². The second-order valence-corrected chi connectivity index (χ2v) is 3.62. The number of guanidine groups is 1. The molecule has 1 saturated carbocycles. The van der Waals surface area contributed by atoms with E-state index in [1.807, 2.05) is 0 Å². The molecule has 0 atom stereocenters. The van der Waals surface area contributed by atoms with Crippen LogP contribution in [0.15, 0.2) is 4.99 Å². The Hall–Kier alpha value is -0.730. The highest BCUT2D eigenvalue weighted by molar-refractivity contribution is 5.80. The summed E-state index contributed by atoms with van der Waals surface area (Å²) in [5.41, 5.74) is 5.79. The van der Waals surface area contributed by atoms with Crippen LogP contribution < -0.4 is 11.1 Å². The smallest absolute Gasteiger partial charge is 0.189 e. The molecule has 1 aliphatic carbocycles. The third kappa shape index (κ3) is 0.696. The van der Waals surface area contributed by atoms with Gasteiger partial charge in [0.15, 0.2) is 5.96 Å². The van der Waals surface area contributed by atoms with Crippen molar-refractivity contribution < 1.29 is 0 Å². The predicted octanol–water partition coefficient (Wildman–Crippen LogP) is 0.0730. The van der Waals surface area contributed by atoms with Crippen LogP contribution >= 0.6 is 0 Å². The summed E-state index contributed by atoms with van der Waals surface area (Å²) in [6.07, 6.45) is 2.47. The number of aliphatic imine (C=N–C) groups is 1. The van der Waals surface area contributed by atoms with E-state index in [9.17, 15) is 0 Å². The highest BCUT2D eigenvalue weighted by atomic mass is 15.2. The van der Waals surface area contributed by atoms with Gasteiger partial charge < -0.3 is 11.1 Å². The molecule has 2 rings (SSSR count). The van der Waals surface area contributed by atoms with Gasteiger partial charge in [-0.25, -0.2) is 0 Å². The van der Waals surface area contributed by atoms with Gasteiger partial charge >= 0.3 is 0 Å². The number of nitrogens with two attached hydrogens (primary N) is 1. The third-order valence-electron chi connectivity index (χ3n) is 2.42. The number of hydrogen-bond donors (Lipinski definition) is 2. The summed E-state index contributed by atoms with van der Waals surface area (Å²) in [7, 11) is 0. The number of nitrogens with zero attached hydrogens (tertiary/aromatic N) is 1. The van der Waals surface area contributed by atoms with Crippen molar-refractivity contribution in [2.24, 2.45) is 16.6 Å². The predicted molar refractivity (Wildman–Crippen MR) is 40.8 cm³/mol. The van der Waals surface area contributed by atoms with Gasteiger partial charge in [0.05, 0.1) is 12.1 Å². The van der Waals surface area contributed by atoms with Gasteiger partial charge in [-0.05, 0) is 18.8 Å². The zero-order valence-corrected chi connectivity index (χ0v) is 6.22. The average Bonchev–Trinajstić information content (AvgIpc) is 2.10. The first kappa shape index (κ1) is 6.01. The number of nitrogens with one attached hydrogen (secondary N) is 1. The van der Waals surface area contributed by atoms with Crippen LogP contribution in [0.2, 0.25) is 0 Å². The van der Waals surface area contributed by atoms with Crippen molar-refractivity contribution in [2.75, 3.05) is 6.54 Å². The fourth-order valence-corrected chi connectivity index (χ4v) is 2.09. The topological polar surface area (TPSA) is 50.4 Å². The van der Waals surface area contributed by atoms with Gasteiger partial charge in [0.2, 0.25) is 0 Å². The summed E-state index contributed by atoms with van der Waals surface area (Å²) < 4.78 is 0. The van der Waals surface area contributed by atoms with E-state index in [2.05, 4.69) is 17.2 Å². The molecule has 0 aromatic carbocycles. The largest absolute Gasteiger partial charge is 0.370 e. The van der Waals surface area contributed by atoms with Crippen LogP contribution in [0.5, 0.6) is 0 Å². The van der Waals surface area contributed by atoms with Gasteiger partial charge in [-0.3, -0.25) is 4.99 Å². The zero-order chi connectivity index (χ0) is 7.19. The van der Waals surface area contributed by atoms with Crippen molar-refractivity contribution in [3.05, 3.63) is 0 Å². The Morgan fingerprint density at radius 1 is 1.70 bits per heavy atom. The van der Waals surface area contributed by atoms with Crippen LogP contribution in [0.3, 0.4) is 0 Å². The molecule has 3 nitrogen and oxygen atoms in total. The SMILES string of the molecule is CC1CC2(CN=C(N)N2)C1. The van der Waals surface area contributed by atoms with E-state index in [1.165, 1.54) is 12.8 Å². The Balaban J connectivity index is 1.99. The average molecular weight is 139 g/mol. The lowest BCUT2D eigenvalue weighted by molar-refractivity contribution is 0.158. The molecule has 0 unspecified atom stereocenters. The van der Waals surface area contributed by atoms with Gasteiger partial charge in [0.25, 0.3) is 0 Å². The maximum Gasteiger partial charge on any atom is 0.189 e. The molecule has 2 aliphatic rings. The molecular formula is C7H13N3. The Morgan fingerprint density at radius 2 is 2.40 bits per heavy atom. The summed E-state index contributed by atoms with van der Waals surface area (Å²) in [6, 6.07) is 0. The first-order valence-electron chi connectivity index (χ1n) is 3.78. The first-order chi connectivity index (χ1) is 4.70. The standard InChI is InChI=1S/C7H13N3/c1-5-2-7(3-5)4-9-6(8)10-7/h5H,2-4H2,1H3,(H3,8,9,10). The zero-order valence-electron chi connectivity index (χ0n) is 6.22. The Kier molecular flexibility index (Phi) is 0.993. The minimum atomic E-state index is 0.281. The van der Waals surface area contributed by atoms with E-state index in [0.717, 1.165) is 12.5 Å². The van der Waals surface area contributed by atoms with Crippen molar-refractivity contribution in [3.8, 4) is 0 Å². The van der Waals surface area contributed by atoms with E-state index < -0.39 is 0 Å². The van der Waals surface area contributed by atoms with Gasteiger partial charge in [-0.1, -0.05) is 6.92 Å². The third-order valence-corrected chi connectivity index (χ3v) is 2.42. The maximum atomic E-state index is 5.50. The lowest BCUT2D eigenvalue weighted by Crippen LogP contribution is -2.56. The van der Waals surface area contributed by atoms with E-state index in [4.69, 9.17) is 5.73 Å². The minimum Gasteiger partial charge on any atom is -0.370 e. The molecule has 3 N–H and O–H groups in total. The van der Waals surface area contributed by atoms with Crippen molar-refractivity contribution in [1.82, 2.24) is 5.32 Å². The van der Waals surface area contributed by atoms with Crippen molar-refractivity contribution in [1.29, 1.82) is 0 Å². The van der Waals surface area contributed by atoms with E-state index in [0.29, 0.717) is 5.96 Å². The molecule has 1 aliphatic heterocycles. The molecule has 56 valence electrons. The number of hydrogen-bond acceptors (Lipinski definition) is 3. The monoisotopic (exact) mass is 139 g/mol. The normalized spacial score (nSPS) is 44.5. The molecule has 0 saturated heterocycles. The van der Waals surface area contributed by atoms with Crippen LogP contribution in [-0.4, -0.2) is 18.0 Å². The summed E-state index contributed by atoms with van der Waals surface area (Å²) in [5, 5.41) is 3.22. The van der Waals surface area contributed by atoms with Crippen LogP contribution in [0.4, 0.5) is 0 Å². The summed E-state index contributed by atoms with van der Waals surface area (Å²) in [5.74, 6) is 1.49. The molecule has 1 fully saturated rings. The molecule has 0 aromatic rings. The second kappa shape index (κ2) is 1.65.